The van der Waals surface area contributed by atoms with Crippen molar-refractivity contribution < 1.29 is 24.2 Å². The van der Waals surface area contributed by atoms with Crippen LogP contribution >= 0.6 is 0 Å². The molecule has 0 aliphatic carbocycles. The van der Waals surface area contributed by atoms with Gasteiger partial charge >= 0.3 is 11.9 Å². The summed E-state index contributed by atoms with van der Waals surface area (Å²) in [6.07, 6.45) is 104. The zero-order valence-corrected chi connectivity index (χ0v) is 58.6. The molecular weight excluding hydrogens is 1050 g/mol. The second-order valence-corrected chi connectivity index (χ2v) is 27.1. The van der Waals surface area contributed by atoms with E-state index in [9.17, 15) is 14.7 Å². The molecule has 0 bridgehead atoms. The Labute approximate surface area is 539 Å². The normalized spacial score (nSPS) is 12.3. The molecule has 0 radical (unpaired) electrons. The minimum absolute atomic E-state index is 0.0582. The minimum atomic E-state index is -0.770. The highest BCUT2D eigenvalue weighted by Crippen LogP contribution is 2.20. The summed E-state index contributed by atoms with van der Waals surface area (Å²) in [4.78, 5) is 24.7. The molecule has 1 unspecified atom stereocenters. The van der Waals surface area contributed by atoms with Crippen molar-refractivity contribution in [3.05, 3.63) is 36.5 Å². The molecule has 0 aromatic rings. The highest BCUT2D eigenvalue weighted by Gasteiger charge is 2.16. The van der Waals surface area contributed by atoms with Gasteiger partial charge < -0.3 is 14.6 Å². The molecule has 508 valence electrons. The van der Waals surface area contributed by atoms with Crippen molar-refractivity contribution in [3.8, 4) is 0 Å². The highest BCUT2D eigenvalue weighted by molar-refractivity contribution is 5.70. The predicted molar refractivity (Wildman–Crippen MR) is 381 cm³/mol. The van der Waals surface area contributed by atoms with E-state index in [-0.39, 0.29) is 25.2 Å². The van der Waals surface area contributed by atoms with Gasteiger partial charge in [0.25, 0.3) is 0 Å². The molecule has 5 nitrogen and oxygen atoms in total. The number of esters is 2. The summed E-state index contributed by atoms with van der Waals surface area (Å²) in [6, 6.07) is 0. The molecule has 0 saturated carbocycles. The van der Waals surface area contributed by atoms with Gasteiger partial charge in [0, 0.05) is 12.8 Å². The monoisotopic (exact) mass is 1210 g/mol. The second-order valence-electron chi connectivity index (χ2n) is 27.1. The molecule has 0 amide bonds. The van der Waals surface area contributed by atoms with Crippen LogP contribution in [0.25, 0.3) is 0 Å². The molecule has 0 aliphatic rings. The van der Waals surface area contributed by atoms with Crippen LogP contribution in [0, 0.1) is 0 Å². The summed E-state index contributed by atoms with van der Waals surface area (Å²) in [5.74, 6) is -0.562. The number of hydrogen-bond acceptors (Lipinski definition) is 5. The molecule has 0 aliphatic heterocycles. The Morgan fingerprint density at radius 2 is 0.465 bits per heavy atom. The van der Waals surface area contributed by atoms with E-state index in [1.807, 2.05) is 0 Å². The number of unbranched alkanes of at least 4 members (excludes halogenated alkanes) is 61. The number of carbonyl (C=O) groups excluding carboxylic acids is 2. The second kappa shape index (κ2) is 77.4. The van der Waals surface area contributed by atoms with Gasteiger partial charge in [0.1, 0.15) is 6.61 Å². The molecule has 0 aromatic heterocycles. The molecule has 1 atom stereocenters. The van der Waals surface area contributed by atoms with Gasteiger partial charge in [-0.1, -0.05) is 403 Å². The van der Waals surface area contributed by atoms with Gasteiger partial charge in [-0.05, 0) is 70.6 Å². The lowest BCUT2D eigenvalue weighted by Crippen LogP contribution is -2.28. The van der Waals surface area contributed by atoms with E-state index in [1.54, 1.807) is 0 Å². The smallest absolute Gasteiger partial charge is 0.306 e. The van der Waals surface area contributed by atoms with Gasteiger partial charge in [-0.25, -0.2) is 0 Å². The Bertz CT molecular complexity index is 1370. The van der Waals surface area contributed by atoms with Gasteiger partial charge in [0.2, 0.25) is 0 Å². The Balaban J connectivity index is 3.35. The van der Waals surface area contributed by atoms with Crippen molar-refractivity contribution in [1.29, 1.82) is 0 Å². The molecule has 0 rings (SSSR count). The van der Waals surface area contributed by atoms with Crippen molar-refractivity contribution in [2.24, 2.45) is 0 Å². The lowest BCUT2D eigenvalue weighted by Gasteiger charge is -2.15. The molecule has 86 heavy (non-hydrogen) atoms. The van der Waals surface area contributed by atoms with Crippen molar-refractivity contribution in [2.45, 2.75) is 457 Å². The first-order valence-corrected chi connectivity index (χ1v) is 39.5. The Morgan fingerprint density at radius 3 is 0.698 bits per heavy atom. The van der Waals surface area contributed by atoms with Crippen LogP contribution < -0.4 is 0 Å². The summed E-state index contributed by atoms with van der Waals surface area (Å²) in [5.41, 5.74) is 0. The Hall–Kier alpha value is -1.88. The van der Waals surface area contributed by atoms with Crippen LogP contribution in [0.2, 0.25) is 0 Å². The van der Waals surface area contributed by atoms with Gasteiger partial charge in [0.05, 0.1) is 6.61 Å². The zero-order chi connectivity index (χ0) is 61.9. The largest absolute Gasteiger partial charge is 0.462 e. The average molecular weight is 1210 g/mol. The van der Waals surface area contributed by atoms with Gasteiger partial charge in [0.15, 0.2) is 6.10 Å². The van der Waals surface area contributed by atoms with Crippen LogP contribution in [0.5, 0.6) is 0 Å². The number of allylic oxidation sites excluding steroid dienone is 6. The van der Waals surface area contributed by atoms with Gasteiger partial charge in [-0.15, -0.1) is 0 Å². The first-order valence-electron chi connectivity index (χ1n) is 39.5. The molecule has 0 heterocycles. The van der Waals surface area contributed by atoms with Crippen molar-refractivity contribution in [1.82, 2.24) is 0 Å². The van der Waals surface area contributed by atoms with Crippen molar-refractivity contribution in [2.75, 3.05) is 13.2 Å². The predicted octanol–water partition coefficient (Wildman–Crippen LogP) is 27.7. The number of ether oxygens (including phenoxy) is 2. The number of carbonyl (C=O) groups is 2. The van der Waals surface area contributed by atoms with E-state index >= 15 is 0 Å². The summed E-state index contributed by atoms with van der Waals surface area (Å²) >= 11 is 0. The average Bonchev–Trinajstić information content (AvgIpc) is 3.55. The molecule has 1 N–H and O–H groups in total. The lowest BCUT2D eigenvalue weighted by molar-refractivity contribution is -0.161. The molecule has 5 heteroatoms. The minimum Gasteiger partial charge on any atom is -0.462 e. The zero-order valence-electron chi connectivity index (χ0n) is 58.6. The highest BCUT2D eigenvalue weighted by atomic mass is 16.6. The Kier molecular flexibility index (Phi) is 75.7. The van der Waals surface area contributed by atoms with E-state index in [1.165, 1.54) is 385 Å². The number of aliphatic hydroxyl groups is 1. The third-order valence-corrected chi connectivity index (χ3v) is 18.4. The molecular formula is C81H154O5. The fourth-order valence-corrected chi connectivity index (χ4v) is 12.5. The van der Waals surface area contributed by atoms with Crippen LogP contribution in [-0.2, 0) is 19.1 Å². The topological polar surface area (TPSA) is 72.8 Å². The summed E-state index contributed by atoms with van der Waals surface area (Å²) in [6.45, 7) is 4.20. The molecule has 0 saturated heterocycles. The maximum atomic E-state index is 12.4. The maximum Gasteiger partial charge on any atom is 0.306 e. The van der Waals surface area contributed by atoms with Crippen LogP contribution in [-0.4, -0.2) is 36.4 Å². The fourth-order valence-electron chi connectivity index (χ4n) is 12.5. The number of aliphatic hydroxyl groups excluding tert-OH is 1. The molecule has 0 fully saturated rings. The van der Waals surface area contributed by atoms with Crippen LogP contribution in [0.15, 0.2) is 36.5 Å². The van der Waals surface area contributed by atoms with E-state index in [2.05, 4.69) is 50.3 Å². The van der Waals surface area contributed by atoms with E-state index < -0.39 is 6.10 Å². The van der Waals surface area contributed by atoms with E-state index in [0.29, 0.717) is 12.8 Å². The first kappa shape index (κ1) is 84.1. The van der Waals surface area contributed by atoms with Gasteiger partial charge in [-0.3, -0.25) is 9.59 Å². The van der Waals surface area contributed by atoms with Crippen molar-refractivity contribution >= 4 is 11.9 Å². The number of hydrogen-bond donors (Lipinski definition) is 1. The number of rotatable bonds is 75. The van der Waals surface area contributed by atoms with Gasteiger partial charge in [-0.2, -0.15) is 0 Å². The molecule has 0 aromatic carbocycles. The van der Waals surface area contributed by atoms with Crippen LogP contribution in [0.3, 0.4) is 0 Å². The Morgan fingerprint density at radius 1 is 0.267 bits per heavy atom. The fraction of sp³-hybridized carbons (Fsp3) is 0.901. The lowest BCUT2D eigenvalue weighted by atomic mass is 10.0. The van der Waals surface area contributed by atoms with E-state index in [0.717, 1.165) is 38.5 Å². The van der Waals surface area contributed by atoms with Crippen LogP contribution in [0.4, 0.5) is 0 Å². The summed E-state index contributed by atoms with van der Waals surface area (Å²) in [7, 11) is 0. The third-order valence-electron chi connectivity index (χ3n) is 18.4. The summed E-state index contributed by atoms with van der Waals surface area (Å²) in [5, 5.41) is 9.72. The quantitative estimate of drug-likeness (QED) is 0.0373. The maximum absolute atomic E-state index is 12.4. The SMILES string of the molecule is CCCCCCC/C=C\C/C=C\CCCCCCCCCCCCCCCCCCCCCCCC(=O)OC(CO)COC(=O)CCCCCCCCCCCCCCCCCCCCCCCCCCCCC/C=C\CCCCCCCCCC. The molecule has 0 spiro atoms. The third kappa shape index (κ3) is 74.6. The first-order chi connectivity index (χ1) is 42.6. The summed E-state index contributed by atoms with van der Waals surface area (Å²) < 4.78 is 10.8. The van der Waals surface area contributed by atoms with E-state index in [4.69, 9.17) is 9.47 Å². The van der Waals surface area contributed by atoms with Crippen LogP contribution in [0.1, 0.15) is 450 Å². The van der Waals surface area contributed by atoms with Crippen molar-refractivity contribution in [3.63, 3.8) is 0 Å². The standard InChI is InChI=1S/C81H154O5/c1-3-5-7-9-11-13-15-17-19-21-23-25-27-29-31-33-35-37-38-39-40-41-42-44-45-47-49-51-53-55-57-59-61-63-65-67-69-71-73-75-80(83)85-78-79(77-82)86-81(84)76-74-72-70-68-66-64-62-60-58-56-54-52-50-48-46-43-36-34-32-30-28-26-24-22-20-18-16-14-12-10-8-6-4-2/h16,18,21-24,79,82H,3-15,17,19-20,25-78H2,1-2H3/b18-16-,23-21-,24-22-.